The molecule has 6 nitrogen and oxygen atoms in total. The molecular formula is C11H15ClF3N3O3S. The zero-order valence-electron chi connectivity index (χ0n) is 11.2. The van der Waals surface area contributed by atoms with Gasteiger partial charge >= 0.3 is 6.18 Å². The number of benzene rings is 1. The van der Waals surface area contributed by atoms with Crippen LogP contribution in [0.2, 0.25) is 0 Å². The summed E-state index contributed by atoms with van der Waals surface area (Å²) in [6.07, 6.45) is -4.53. The van der Waals surface area contributed by atoms with E-state index in [9.17, 15) is 26.4 Å². The Labute approximate surface area is 131 Å². The first-order chi connectivity index (χ1) is 9.64. The number of amides is 1. The maximum atomic E-state index is 12.0. The Balaban J connectivity index is 0.00000441. The van der Waals surface area contributed by atoms with Gasteiger partial charge < -0.3 is 11.1 Å². The highest BCUT2D eigenvalue weighted by molar-refractivity contribution is 7.89. The second-order valence-electron chi connectivity index (χ2n) is 4.05. The highest BCUT2D eigenvalue weighted by Gasteiger charge is 2.29. The first-order valence-corrected chi connectivity index (χ1v) is 7.29. The van der Waals surface area contributed by atoms with E-state index in [1.807, 2.05) is 0 Å². The van der Waals surface area contributed by atoms with Crippen LogP contribution in [0.1, 0.15) is 6.42 Å². The molecule has 0 heterocycles. The number of rotatable bonds is 6. The lowest BCUT2D eigenvalue weighted by atomic mass is 10.3. The Morgan fingerprint density at radius 2 is 1.73 bits per heavy atom. The van der Waals surface area contributed by atoms with E-state index in [4.69, 9.17) is 5.73 Å². The molecule has 1 amide bonds. The molecule has 0 aliphatic carbocycles. The lowest BCUT2D eigenvalue weighted by Gasteiger charge is -2.10. The van der Waals surface area contributed by atoms with Crippen LogP contribution in [0.5, 0.6) is 0 Å². The minimum absolute atomic E-state index is 0. The van der Waals surface area contributed by atoms with Crippen LogP contribution in [-0.2, 0) is 14.8 Å². The first kappa shape index (κ1) is 20.6. The van der Waals surface area contributed by atoms with Gasteiger partial charge in [-0.25, -0.2) is 13.1 Å². The van der Waals surface area contributed by atoms with Crippen LogP contribution in [0.3, 0.4) is 0 Å². The summed E-state index contributed by atoms with van der Waals surface area (Å²) in [5.41, 5.74) is 5.51. The fraction of sp³-hybridized carbons (Fsp3) is 0.364. The van der Waals surface area contributed by atoms with Gasteiger partial charge in [0.15, 0.2) is 0 Å². The quantitative estimate of drug-likeness (QED) is 0.709. The molecule has 0 unspecified atom stereocenters. The third-order valence-electron chi connectivity index (χ3n) is 2.28. The van der Waals surface area contributed by atoms with E-state index in [0.29, 0.717) is 5.69 Å². The van der Waals surface area contributed by atoms with Gasteiger partial charge in [0.05, 0.1) is 4.90 Å². The molecule has 1 aromatic carbocycles. The summed E-state index contributed by atoms with van der Waals surface area (Å²) in [6.45, 7) is -1.48. The van der Waals surface area contributed by atoms with Crippen LogP contribution in [0.15, 0.2) is 29.2 Å². The number of halogens is 4. The maximum Gasteiger partial charge on any atom is 0.402 e. The van der Waals surface area contributed by atoms with E-state index in [-0.39, 0.29) is 36.2 Å². The summed E-state index contributed by atoms with van der Waals surface area (Å²) in [4.78, 5) is 10.9. The largest absolute Gasteiger partial charge is 0.402 e. The molecule has 0 saturated heterocycles. The van der Waals surface area contributed by atoms with Crippen molar-refractivity contribution in [1.29, 1.82) is 0 Å². The van der Waals surface area contributed by atoms with Crippen molar-refractivity contribution in [2.24, 2.45) is 5.73 Å². The maximum absolute atomic E-state index is 12.0. The van der Waals surface area contributed by atoms with Crippen molar-refractivity contribution in [1.82, 2.24) is 4.72 Å². The normalized spacial score (nSPS) is 11.6. The number of nitrogens with two attached hydrogens (primary N) is 1. The predicted molar refractivity (Wildman–Crippen MR) is 77.2 cm³/mol. The Hall–Kier alpha value is -1.36. The zero-order chi connectivity index (χ0) is 16.1. The number of hydrogen-bond donors (Lipinski definition) is 3. The van der Waals surface area contributed by atoms with E-state index in [0.717, 1.165) is 12.1 Å². The summed E-state index contributed by atoms with van der Waals surface area (Å²) in [5, 5.41) is 2.46. The SMILES string of the molecule is Cl.NCCC(=O)Nc1ccc(S(=O)(=O)NCC(F)(F)F)cc1. The minimum atomic E-state index is -4.64. The lowest BCUT2D eigenvalue weighted by Crippen LogP contribution is -2.33. The van der Waals surface area contributed by atoms with Gasteiger partial charge in [-0.2, -0.15) is 13.2 Å². The standard InChI is InChI=1S/C11H14F3N3O3S.ClH/c12-11(13,14)7-16-21(19,20)9-3-1-8(2-4-9)17-10(18)5-6-15;/h1-4,16H,5-7,15H2,(H,17,18);1H. The molecule has 0 spiro atoms. The van der Waals surface area contributed by atoms with Gasteiger partial charge in [-0.15, -0.1) is 12.4 Å². The molecule has 1 rings (SSSR count). The van der Waals surface area contributed by atoms with Crippen molar-refractivity contribution in [2.75, 3.05) is 18.4 Å². The predicted octanol–water partition coefficient (Wildman–Crippen LogP) is 1.24. The van der Waals surface area contributed by atoms with E-state index in [1.165, 1.54) is 16.9 Å². The van der Waals surface area contributed by atoms with Crippen LogP contribution in [0, 0.1) is 0 Å². The summed E-state index contributed by atoms with van der Waals surface area (Å²) in [6, 6.07) is 4.74. The number of alkyl halides is 3. The second-order valence-corrected chi connectivity index (χ2v) is 5.82. The van der Waals surface area contributed by atoms with Crippen molar-refractivity contribution in [3.8, 4) is 0 Å². The van der Waals surface area contributed by atoms with E-state index >= 15 is 0 Å². The summed E-state index contributed by atoms with van der Waals surface area (Å²) >= 11 is 0. The monoisotopic (exact) mass is 361 g/mol. The van der Waals surface area contributed by atoms with Crippen LogP contribution in [0.25, 0.3) is 0 Å². The van der Waals surface area contributed by atoms with Gasteiger partial charge in [-0.3, -0.25) is 4.79 Å². The van der Waals surface area contributed by atoms with Gasteiger partial charge in [-0.05, 0) is 24.3 Å². The molecule has 1 aromatic rings. The molecule has 11 heteroatoms. The Morgan fingerprint density at radius 1 is 1.18 bits per heavy atom. The van der Waals surface area contributed by atoms with Gasteiger partial charge in [0.1, 0.15) is 6.54 Å². The summed E-state index contributed by atoms with van der Waals surface area (Å²) in [5.74, 6) is -0.344. The van der Waals surface area contributed by atoms with Gasteiger partial charge in [0.25, 0.3) is 0 Å². The molecular weight excluding hydrogens is 347 g/mol. The molecule has 0 fully saturated rings. The smallest absolute Gasteiger partial charge is 0.330 e. The third kappa shape index (κ3) is 7.07. The number of carbonyl (C=O) groups is 1. The highest BCUT2D eigenvalue weighted by atomic mass is 35.5. The highest BCUT2D eigenvalue weighted by Crippen LogP contribution is 2.17. The number of carbonyl (C=O) groups excluding carboxylic acids is 1. The zero-order valence-corrected chi connectivity index (χ0v) is 12.8. The molecule has 0 aromatic heterocycles. The topological polar surface area (TPSA) is 101 Å². The van der Waals surface area contributed by atoms with E-state index in [1.54, 1.807) is 0 Å². The summed E-state index contributed by atoms with van der Waals surface area (Å²) in [7, 11) is -4.25. The minimum Gasteiger partial charge on any atom is -0.330 e. The molecule has 0 aliphatic rings. The molecule has 4 N–H and O–H groups in total. The van der Waals surface area contributed by atoms with Crippen molar-refractivity contribution in [3.05, 3.63) is 24.3 Å². The average molecular weight is 362 g/mol. The Morgan fingerprint density at radius 3 is 2.18 bits per heavy atom. The van der Waals surface area contributed by atoms with E-state index < -0.39 is 22.7 Å². The molecule has 0 saturated carbocycles. The lowest BCUT2D eigenvalue weighted by molar-refractivity contribution is -0.121. The average Bonchev–Trinajstić information content (AvgIpc) is 2.37. The first-order valence-electron chi connectivity index (χ1n) is 5.80. The van der Waals surface area contributed by atoms with Crippen LogP contribution in [-0.4, -0.2) is 33.6 Å². The number of nitrogens with one attached hydrogen (secondary N) is 2. The molecule has 22 heavy (non-hydrogen) atoms. The van der Waals surface area contributed by atoms with Crippen LogP contribution >= 0.6 is 12.4 Å². The van der Waals surface area contributed by atoms with Crippen LogP contribution in [0.4, 0.5) is 18.9 Å². The van der Waals surface area contributed by atoms with Crippen molar-refractivity contribution >= 4 is 34.0 Å². The number of hydrogen-bond acceptors (Lipinski definition) is 4. The Kier molecular flexibility index (Phi) is 7.81. The third-order valence-corrected chi connectivity index (χ3v) is 3.70. The van der Waals surface area contributed by atoms with Crippen LogP contribution < -0.4 is 15.8 Å². The van der Waals surface area contributed by atoms with Crippen molar-refractivity contribution < 1.29 is 26.4 Å². The fourth-order valence-corrected chi connectivity index (χ4v) is 2.35. The van der Waals surface area contributed by atoms with Crippen molar-refractivity contribution in [2.45, 2.75) is 17.5 Å². The molecule has 0 atom stereocenters. The van der Waals surface area contributed by atoms with Gasteiger partial charge in [0, 0.05) is 18.7 Å². The van der Waals surface area contributed by atoms with Crippen molar-refractivity contribution in [3.63, 3.8) is 0 Å². The fourth-order valence-electron chi connectivity index (χ4n) is 1.33. The summed E-state index contributed by atoms with van der Waals surface area (Å²) < 4.78 is 60.6. The molecule has 0 bridgehead atoms. The second kappa shape index (κ2) is 8.32. The molecule has 126 valence electrons. The van der Waals surface area contributed by atoms with Gasteiger partial charge in [-0.1, -0.05) is 0 Å². The van der Waals surface area contributed by atoms with E-state index in [2.05, 4.69) is 5.32 Å². The Bertz CT molecular complexity index is 591. The number of sulfonamides is 1. The molecule has 0 aliphatic heterocycles. The number of anilines is 1. The molecule has 0 radical (unpaired) electrons. The van der Waals surface area contributed by atoms with Gasteiger partial charge in [0.2, 0.25) is 15.9 Å².